The highest BCUT2D eigenvalue weighted by Gasteiger charge is 2.39. The van der Waals surface area contributed by atoms with Crippen molar-refractivity contribution in [2.75, 3.05) is 26.7 Å². The van der Waals surface area contributed by atoms with Crippen LogP contribution in [0, 0.1) is 5.41 Å². The van der Waals surface area contributed by atoms with Gasteiger partial charge in [0.25, 0.3) is 0 Å². The number of rotatable bonds is 4. The zero-order valence-corrected chi connectivity index (χ0v) is 13.2. The van der Waals surface area contributed by atoms with Crippen molar-refractivity contribution in [1.29, 1.82) is 0 Å². The molecule has 1 aliphatic heterocycles. The Labute approximate surface area is 124 Å². The van der Waals surface area contributed by atoms with E-state index in [1.165, 1.54) is 23.5 Å². The summed E-state index contributed by atoms with van der Waals surface area (Å²) in [5.74, 6) is 0.466. The molecule has 1 aromatic rings. The molecule has 0 aliphatic carbocycles. The van der Waals surface area contributed by atoms with Crippen molar-refractivity contribution in [3.63, 3.8) is 0 Å². The van der Waals surface area contributed by atoms with Gasteiger partial charge in [-0.3, -0.25) is 0 Å². The van der Waals surface area contributed by atoms with Crippen LogP contribution in [0.1, 0.15) is 13.3 Å². The minimum absolute atomic E-state index is 0.0831. The summed E-state index contributed by atoms with van der Waals surface area (Å²) in [4.78, 5) is 0.0831. The molecule has 0 amide bonds. The Kier molecular flexibility index (Phi) is 4.30. The smallest absolute Gasteiger partial charge is 0.244 e. The SMILES string of the molecule is COc1ccc(Cl)c(S(=O)(=O)N2CCC(C)(CN)C2)c1. The zero-order valence-electron chi connectivity index (χ0n) is 11.6. The number of halogens is 1. The summed E-state index contributed by atoms with van der Waals surface area (Å²) < 4.78 is 31.9. The van der Waals surface area contributed by atoms with Gasteiger partial charge in [0.15, 0.2) is 0 Å². The van der Waals surface area contributed by atoms with Gasteiger partial charge in [-0.1, -0.05) is 18.5 Å². The number of sulfonamides is 1. The van der Waals surface area contributed by atoms with Gasteiger partial charge in [0, 0.05) is 19.2 Å². The quantitative estimate of drug-likeness (QED) is 0.917. The van der Waals surface area contributed by atoms with Crippen molar-refractivity contribution >= 4 is 21.6 Å². The number of methoxy groups -OCH3 is 1. The number of nitrogens with two attached hydrogens (primary N) is 1. The molecule has 0 saturated carbocycles. The van der Waals surface area contributed by atoms with E-state index in [2.05, 4.69) is 0 Å². The largest absolute Gasteiger partial charge is 0.497 e. The molecule has 112 valence electrons. The third-order valence-electron chi connectivity index (χ3n) is 3.77. The fraction of sp³-hybridized carbons (Fsp3) is 0.538. The van der Waals surface area contributed by atoms with Crippen LogP contribution in [0.2, 0.25) is 5.02 Å². The van der Waals surface area contributed by atoms with Crippen LogP contribution in [0.4, 0.5) is 0 Å². The molecule has 5 nitrogen and oxygen atoms in total. The Bertz CT molecular complexity index is 606. The lowest BCUT2D eigenvalue weighted by Gasteiger charge is -2.22. The minimum Gasteiger partial charge on any atom is -0.497 e. The molecule has 2 rings (SSSR count). The van der Waals surface area contributed by atoms with Crippen LogP contribution in [0.3, 0.4) is 0 Å². The number of hydrogen-bond acceptors (Lipinski definition) is 4. The van der Waals surface area contributed by atoms with Gasteiger partial charge in [0.1, 0.15) is 10.6 Å². The van der Waals surface area contributed by atoms with Gasteiger partial charge in [-0.15, -0.1) is 0 Å². The molecule has 7 heteroatoms. The first-order valence-corrected chi connectivity index (χ1v) is 8.18. The maximum Gasteiger partial charge on any atom is 0.244 e. The molecule has 1 unspecified atom stereocenters. The van der Waals surface area contributed by atoms with Gasteiger partial charge in [-0.05, 0) is 30.5 Å². The van der Waals surface area contributed by atoms with Crippen LogP contribution in [0.15, 0.2) is 23.1 Å². The fourth-order valence-electron chi connectivity index (χ4n) is 2.30. The average Bonchev–Trinajstić information content (AvgIpc) is 2.83. The van der Waals surface area contributed by atoms with Crippen LogP contribution < -0.4 is 10.5 Å². The molecule has 0 aromatic heterocycles. The Balaban J connectivity index is 2.37. The van der Waals surface area contributed by atoms with Crippen molar-refractivity contribution in [3.05, 3.63) is 23.2 Å². The first kappa shape index (κ1) is 15.6. The second-order valence-electron chi connectivity index (χ2n) is 5.40. The van der Waals surface area contributed by atoms with Crippen molar-refractivity contribution in [2.45, 2.75) is 18.2 Å². The van der Waals surface area contributed by atoms with Gasteiger partial charge in [-0.2, -0.15) is 4.31 Å². The molecule has 20 heavy (non-hydrogen) atoms. The standard InChI is InChI=1S/C13H19ClN2O3S/c1-13(8-15)5-6-16(9-13)20(17,18)12-7-10(19-2)3-4-11(12)14/h3-4,7H,5-6,8-9,15H2,1-2H3. The molecule has 0 bridgehead atoms. The van der Waals surface area contributed by atoms with Gasteiger partial charge in [-0.25, -0.2) is 8.42 Å². The Hall–Kier alpha value is -0.820. The van der Waals surface area contributed by atoms with E-state index in [9.17, 15) is 8.42 Å². The summed E-state index contributed by atoms with van der Waals surface area (Å²) in [5.41, 5.74) is 5.55. The van der Waals surface area contributed by atoms with Crippen LogP contribution in [-0.2, 0) is 10.0 Å². The lowest BCUT2D eigenvalue weighted by Crippen LogP contribution is -2.34. The zero-order chi connectivity index (χ0) is 15.0. The molecule has 1 heterocycles. The molecule has 0 spiro atoms. The van der Waals surface area contributed by atoms with E-state index in [1.807, 2.05) is 6.92 Å². The summed E-state index contributed by atoms with van der Waals surface area (Å²) >= 11 is 6.04. The lowest BCUT2D eigenvalue weighted by molar-refractivity contribution is 0.349. The molecule has 1 fully saturated rings. The third-order valence-corrected chi connectivity index (χ3v) is 6.10. The van der Waals surface area contributed by atoms with E-state index < -0.39 is 10.0 Å². The highest BCUT2D eigenvalue weighted by molar-refractivity contribution is 7.89. The topological polar surface area (TPSA) is 72.6 Å². The molecule has 1 aliphatic rings. The van der Waals surface area contributed by atoms with E-state index in [1.54, 1.807) is 6.07 Å². The highest BCUT2D eigenvalue weighted by Crippen LogP contribution is 2.35. The number of nitrogens with zero attached hydrogens (tertiary/aromatic N) is 1. The van der Waals surface area contributed by atoms with E-state index in [0.29, 0.717) is 25.4 Å². The van der Waals surface area contributed by atoms with Gasteiger partial charge in [0.05, 0.1) is 12.1 Å². The summed E-state index contributed by atoms with van der Waals surface area (Å²) in [7, 11) is -2.13. The van der Waals surface area contributed by atoms with Crippen LogP contribution in [-0.4, -0.2) is 39.5 Å². The number of hydrogen-bond donors (Lipinski definition) is 1. The normalized spacial score (nSPS) is 24.0. The van der Waals surface area contributed by atoms with E-state index in [-0.39, 0.29) is 15.3 Å². The monoisotopic (exact) mass is 318 g/mol. The average molecular weight is 319 g/mol. The second kappa shape index (κ2) is 5.52. The van der Waals surface area contributed by atoms with Crippen LogP contribution in [0.25, 0.3) is 0 Å². The summed E-state index contributed by atoms with van der Waals surface area (Å²) in [6, 6.07) is 4.62. The van der Waals surface area contributed by atoms with Gasteiger partial charge in [0.2, 0.25) is 10.0 Å². The molecule has 0 radical (unpaired) electrons. The minimum atomic E-state index is -3.62. The van der Waals surface area contributed by atoms with Crippen molar-refractivity contribution in [3.8, 4) is 5.75 Å². The summed E-state index contributed by atoms with van der Waals surface area (Å²) in [6.07, 6.45) is 0.754. The summed E-state index contributed by atoms with van der Waals surface area (Å²) in [5, 5.41) is 0.201. The van der Waals surface area contributed by atoms with Gasteiger partial charge < -0.3 is 10.5 Å². The molecule has 2 N–H and O–H groups in total. The highest BCUT2D eigenvalue weighted by atomic mass is 35.5. The molecule has 1 atom stereocenters. The van der Waals surface area contributed by atoms with Gasteiger partial charge >= 0.3 is 0 Å². The predicted octanol–water partition coefficient (Wildman–Crippen LogP) is 1.71. The van der Waals surface area contributed by atoms with E-state index in [4.69, 9.17) is 22.1 Å². The lowest BCUT2D eigenvalue weighted by atomic mass is 9.90. The van der Waals surface area contributed by atoms with Crippen molar-refractivity contribution in [1.82, 2.24) is 4.31 Å². The first-order chi connectivity index (χ1) is 9.32. The van der Waals surface area contributed by atoms with Crippen molar-refractivity contribution in [2.24, 2.45) is 11.1 Å². The first-order valence-electron chi connectivity index (χ1n) is 6.36. The molecule has 1 saturated heterocycles. The number of benzene rings is 1. The van der Waals surface area contributed by atoms with Crippen LogP contribution in [0.5, 0.6) is 5.75 Å². The summed E-state index contributed by atoms with van der Waals surface area (Å²) in [6.45, 7) is 3.34. The third kappa shape index (κ3) is 2.79. The Morgan fingerprint density at radius 3 is 2.75 bits per heavy atom. The molecule has 1 aromatic carbocycles. The second-order valence-corrected chi connectivity index (χ2v) is 7.71. The Morgan fingerprint density at radius 1 is 1.50 bits per heavy atom. The predicted molar refractivity (Wildman–Crippen MR) is 78.5 cm³/mol. The van der Waals surface area contributed by atoms with Crippen molar-refractivity contribution < 1.29 is 13.2 Å². The maximum atomic E-state index is 12.7. The fourth-order valence-corrected chi connectivity index (χ4v) is 4.38. The Morgan fingerprint density at radius 2 is 2.20 bits per heavy atom. The maximum absolute atomic E-state index is 12.7. The molecular weight excluding hydrogens is 300 g/mol. The van der Waals surface area contributed by atoms with E-state index in [0.717, 1.165) is 6.42 Å². The van der Waals surface area contributed by atoms with Crippen LogP contribution >= 0.6 is 11.6 Å². The number of ether oxygens (including phenoxy) is 1. The molecular formula is C13H19ClN2O3S. The van der Waals surface area contributed by atoms with E-state index >= 15 is 0 Å².